The van der Waals surface area contributed by atoms with Crippen LogP contribution in [0.5, 0.6) is 5.75 Å². The molecule has 0 fully saturated rings. The van der Waals surface area contributed by atoms with Gasteiger partial charge in [-0.2, -0.15) is 0 Å². The number of amides is 2. The molecule has 0 bridgehead atoms. The van der Waals surface area contributed by atoms with Gasteiger partial charge in [-0.25, -0.2) is 9.18 Å². The molecular weight excluding hydrogens is 411 g/mol. The monoisotopic (exact) mass is 436 g/mol. The van der Waals surface area contributed by atoms with Crippen LogP contribution in [0.3, 0.4) is 0 Å². The summed E-state index contributed by atoms with van der Waals surface area (Å²) in [6, 6.07) is 13.5. The van der Waals surface area contributed by atoms with E-state index in [4.69, 9.17) is 4.74 Å². The lowest BCUT2D eigenvalue weighted by Crippen LogP contribution is -2.42. The second-order valence-electron chi connectivity index (χ2n) is 8.08. The standard InChI is InChI=1S/C25H25FN2O2S/c1-30-21-11-4-2-10-20(21)23-24-19(18-9-3-5-12-22(18)31-24)13-14-28(23)25(29)27-17-8-6-7-16(26)15-17/h2,4,6-8,10-11,15,23H,3,5,9,12-14H2,1H3,(H,27,29)/t23-/m0/s1. The van der Waals surface area contributed by atoms with Gasteiger partial charge < -0.3 is 15.0 Å². The van der Waals surface area contributed by atoms with Gasteiger partial charge in [0.1, 0.15) is 11.6 Å². The molecule has 2 aromatic carbocycles. The maximum absolute atomic E-state index is 13.6. The molecule has 1 atom stereocenters. The molecule has 160 valence electrons. The third kappa shape index (κ3) is 3.69. The molecule has 1 aliphatic carbocycles. The van der Waals surface area contributed by atoms with E-state index < -0.39 is 0 Å². The van der Waals surface area contributed by atoms with Gasteiger partial charge in [-0.1, -0.05) is 24.3 Å². The summed E-state index contributed by atoms with van der Waals surface area (Å²) < 4.78 is 19.3. The van der Waals surface area contributed by atoms with E-state index in [1.54, 1.807) is 19.2 Å². The maximum atomic E-state index is 13.6. The van der Waals surface area contributed by atoms with E-state index in [0.717, 1.165) is 30.6 Å². The van der Waals surface area contributed by atoms with E-state index in [0.29, 0.717) is 12.2 Å². The van der Waals surface area contributed by atoms with E-state index in [1.807, 2.05) is 40.5 Å². The molecule has 0 unspecified atom stereocenters. The molecule has 1 aromatic heterocycles. The fourth-order valence-corrected chi connectivity index (χ4v) is 6.41. The van der Waals surface area contributed by atoms with Gasteiger partial charge in [0, 0.05) is 27.5 Å². The molecule has 1 aliphatic heterocycles. The van der Waals surface area contributed by atoms with Crippen molar-refractivity contribution in [3.8, 4) is 5.75 Å². The molecule has 0 spiro atoms. The molecule has 2 amide bonds. The first-order valence-electron chi connectivity index (χ1n) is 10.7. The van der Waals surface area contributed by atoms with Crippen LogP contribution in [0.1, 0.15) is 45.3 Å². The highest BCUT2D eigenvalue weighted by atomic mass is 32.1. The van der Waals surface area contributed by atoms with E-state index in [1.165, 1.54) is 45.9 Å². The van der Waals surface area contributed by atoms with Crippen molar-refractivity contribution in [1.82, 2.24) is 4.90 Å². The van der Waals surface area contributed by atoms with Crippen LogP contribution in [-0.4, -0.2) is 24.6 Å². The van der Waals surface area contributed by atoms with Crippen molar-refractivity contribution in [3.63, 3.8) is 0 Å². The van der Waals surface area contributed by atoms with E-state index >= 15 is 0 Å². The largest absolute Gasteiger partial charge is 0.496 e. The van der Waals surface area contributed by atoms with Crippen LogP contribution < -0.4 is 10.1 Å². The summed E-state index contributed by atoms with van der Waals surface area (Å²) in [5, 5.41) is 2.89. The number of carbonyl (C=O) groups excluding carboxylic acids is 1. The number of hydrogen-bond acceptors (Lipinski definition) is 3. The predicted molar refractivity (Wildman–Crippen MR) is 122 cm³/mol. The Labute approximate surface area is 185 Å². The molecule has 5 rings (SSSR count). The van der Waals surface area contributed by atoms with Gasteiger partial charge in [0.05, 0.1) is 13.2 Å². The zero-order valence-electron chi connectivity index (χ0n) is 17.5. The number of urea groups is 1. The number of aryl methyl sites for hydroxylation is 1. The molecule has 0 saturated carbocycles. The second-order valence-corrected chi connectivity index (χ2v) is 9.22. The Kier molecular flexibility index (Phi) is 5.40. The molecule has 31 heavy (non-hydrogen) atoms. The van der Waals surface area contributed by atoms with E-state index in [2.05, 4.69) is 5.32 Å². The number of halogens is 1. The number of para-hydroxylation sites is 1. The molecule has 0 radical (unpaired) electrons. The molecule has 0 saturated heterocycles. The van der Waals surface area contributed by atoms with Crippen molar-refractivity contribution in [2.75, 3.05) is 19.0 Å². The minimum absolute atomic E-state index is 0.218. The minimum atomic E-state index is -0.369. The topological polar surface area (TPSA) is 41.6 Å². The van der Waals surface area contributed by atoms with E-state index in [-0.39, 0.29) is 17.9 Å². The highest BCUT2D eigenvalue weighted by Gasteiger charge is 2.37. The Morgan fingerprint density at radius 3 is 2.77 bits per heavy atom. The molecule has 4 nitrogen and oxygen atoms in total. The number of nitrogens with one attached hydrogen (secondary N) is 1. The second kappa shape index (κ2) is 8.35. The fourth-order valence-electron chi connectivity index (χ4n) is 4.83. The van der Waals surface area contributed by atoms with Crippen LogP contribution in [0.15, 0.2) is 48.5 Å². The predicted octanol–water partition coefficient (Wildman–Crippen LogP) is 5.95. The smallest absolute Gasteiger partial charge is 0.322 e. The van der Waals surface area contributed by atoms with Gasteiger partial charge in [-0.15, -0.1) is 11.3 Å². The molecule has 2 heterocycles. The summed E-state index contributed by atoms with van der Waals surface area (Å²) >= 11 is 1.85. The van der Waals surface area contributed by atoms with E-state index in [9.17, 15) is 9.18 Å². The van der Waals surface area contributed by atoms with Crippen LogP contribution in [0.4, 0.5) is 14.9 Å². The number of anilines is 1. The first-order chi connectivity index (χ1) is 15.2. The van der Waals surface area contributed by atoms with Crippen LogP contribution in [0.2, 0.25) is 0 Å². The lowest BCUT2D eigenvalue weighted by Gasteiger charge is -2.37. The average Bonchev–Trinajstić information content (AvgIpc) is 3.17. The van der Waals surface area contributed by atoms with Crippen LogP contribution in [0, 0.1) is 5.82 Å². The van der Waals surface area contributed by atoms with Gasteiger partial charge in [0.2, 0.25) is 0 Å². The maximum Gasteiger partial charge on any atom is 0.322 e. The Morgan fingerprint density at radius 1 is 1.10 bits per heavy atom. The van der Waals surface area contributed by atoms with Crippen LogP contribution in [-0.2, 0) is 19.3 Å². The van der Waals surface area contributed by atoms with Gasteiger partial charge in [-0.05, 0) is 67.5 Å². The van der Waals surface area contributed by atoms with Gasteiger partial charge >= 0.3 is 6.03 Å². The van der Waals surface area contributed by atoms with Gasteiger partial charge in [0.25, 0.3) is 0 Å². The SMILES string of the molecule is COc1ccccc1[C@H]1c2sc3c(c2CCN1C(=O)Nc1cccc(F)c1)CCCC3. The summed E-state index contributed by atoms with van der Waals surface area (Å²) in [6.07, 6.45) is 5.58. The van der Waals surface area contributed by atoms with Crippen molar-refractivity contribution in [3.05, 3.63) is 80.8 Å². The summed E-state index contributed by atoms with van der Waals surface area (Å²) in [5.74, 6) is 0.404. The molecule has 1 N–H and O–H groups in total. The highest BCUT2D eigenvalue weighted by molar-refractivity contribution is 7.12. The van der Waals surface area contributed by atoms with Crippen molar-refractivity contribution < 1.29 is 13.9 Å². The van der Waals surface area contributed by atoms with Gasteiger partial charge in [-0.3, -0.25) is 0 Å². The lowest BCUT2D eigenvalue weighted by atomic mass is 9.88. The third-order valence-electron chi connectivity index (χ3n) is 6.25. The summed E-state index contributed by atoms with van der Waals surface area (Å²) in [5.41, 5.74) is 4.38. The summed E-state index contributed by atoms with van der Waals surface area (Å²) in [4.78, 5) is 18.0. The number of hydrogen-bond donors (Lipinski definition) is 1. The molecule has 3 aromatic rings. The Morgan fingerprint density at radius 2 is 1.94 bits per heavy atom. The molecular formula is C25H25FN2O2S. The van der Waals surface area contributed by atoms with Crippen molar-refractivity contribution in [2.24, 2.45) is 0 Å². The normalized spacial score (nSPS) is 17.6. The average molecular weight is 437 g/mol. The third-order valence-corrected chi connectivity index (χ3v) is 7.63. The van der Waals surface area contributed by atoms with Crippen molar-refractivity contribution in [1.29, 1.82) is 0 Å². The number of fused-ring (bicyclic) bond motifs is 3. The molecule has 6 heteroatoms. The molecule has 2 aliphatic rings. The minimum Gasteiger partial charge on any atom is -0.496 e. The number of ether oxygens (including phenoxy) is 1. The highest BCUT2D eigenvalue weighted by Crippen LogP contribution is 2.46. The Hall–Kier alpha value is -2.86. The van der Waals surface area contributed by atoms with Crippen molar-refractivity contribution in [2.45, 2.75) is 38.1 Å². The quantitative estimate of drug-likeness (QED) is 0.551. The first-order valence-corrected chi connectivity index (χ1v) is 11.6. The number of nitrogens with zero attached hydrogens (tertiary/aromatic N) is 1. The van der Waals surface area contributed by atoms with Crippen LogP contribution in [0.25, 0.3) is 0 Å². The Bertz CT molecular complexity index is 1130. The summed E-state index contributed by atoms with van der Waals surface area (Å²) in [6.45, 7) is 0.611. The number of rotatable bonds is 3. The number of carbonyl (C=O) groups is 1. The lowest BCUT2D eigenvalue weighted by molar-refractivity contribution is 0.194. The fraction of sp³-hybridized carbons (Fsp3) is 0.320. The first kappa shape index (κ1) is 20.1. The van der Waals surface area contributed by atoms with Crippen LogP contribution >= 0.6 is 11.3 Å². The van der Waals surface area contributed by atoms with Crippen molar-refractivity contribution >= 4 is 23.1 Å². The van der Waals surface area contributed by atoms with Gasteiger partial charge in [0.15, 0.2) is 0 Å². The number of benzene rings is 2. The number of thiophene rings is 1. The summed E-state index contributed by atoms with van der Waals surface area (Å²) in [7, 11) is 1.67. The number of methoxy groups -OCH3 is 1. The Balaban J connectivity index is 1.57. The zero-order valence-corrected chi connectivity index (χ0v) is 18.3. The zero-order chi connectivity index (χ0) is 21.4.